The standard InChI is InChI=1S/C17H26FN3O/c1-2-21-12-6-5-8-15(21)13-20-17(22)19-11-10-14-7-3-4-9-16(14)18/h3-4,7,9,15H,2,5-6,8,10-13H2,1H3,(H2,19,20,22). The van der Waals surface area contributed by atoms with E-state index in [1.807, 2.05) is 0 Å². The van der Waals surface area contributed by atoms with Crippen LogP contribution in [0.3, 0.4) is 0 Å². The van der Waals surface area contributed by atoms with Gasteiger partial charge in [0.1, 0.15) is 5.82 Å². The zero-order valence-electron chi connectivity index (χ0n) is 13.3. The Morgan fingerprint density at radius 1 is 1.32 bits per heavy atom. The fraction of sp³-hybridized carbons (Fsp3) is 0.588. The molecule has 2 amide bonds. The van der Waals surface area contributed by atoms with Gasteiger partial charge in [-0.2, -0.15) is 0 Å². The van der Waals surface area contributed by atoms with Crippen molar-refractivity contribution in [2.24, 2.45) is 0 Å². The minimum absolute atomic E-state index is 0.169. The molecule has 0 radical (unpaired) electrons. The number of hydrogen-bond donors (Lipinski definition) is 2. The molecule has 0 aromatic heterocycles. The molecule has 122 valence electrons. The minimum Gasteiger partial charge on any atom is -0.338 e. The Balaban J connectivity index is 1.66. The molecule has 1 aromatic rings. The third kappa shape index (κ3) is 4.98. The average Bonchev–Trinajstić information content (AvgIpc) is 2.55. The van der Waals surface area contributed by atoms with Crippen molar-refractivity contribution in [1.82, 2.24) is 15.5 Å². The number of amides is 2. The van der Waals surface area contributed by atoms with Crippen LogP contribution < -0.4 is 10.6 Å². The molecule has 1 aliphatic heterocycles. The molecule has 1 aromatic carbocycles. The van der Waals surface area contributed by atoms with Gasteiger partial charge in [-0.1, -0.05) is 31.5 Å². The molecule has 22 heavy (non-hydrogen) atoms. The molecule has 4 nitrogen and oxygen atoms in total. The van der Waals surface area contributed by atoms with Crippen molar-refractivity contribution >= 4 is 6.03 Å². The van der Waals surface area contributed by atoms with E-state index in [2.05, 4.69) is 22.5 Å². The average molecular weight is 307 g/mol. The molecular formula is C17H26FN3O. The first kappa shape index (κ1) is 16.7. The quantitative estimate of drug-likeness (QED) is 0.848. The number of rotatable bonds is 6. The molecule has 5 heteroatoms. The van der Waals surface area contributed by atoms with Gasteiger partial charge in [0.2, 0.25) is 0 Å². The Labute approximate surface area is 132 Å². The lowest BCUT2D eigenvalue weighted by atomic mass is 10.0. The Hall–Kier alpha value is -1.62. The molecule has 1 saturated heterocycles. The summed E-state index contributed by atoms with van der Waals surface area (Å²) in [6.45, 7) is 5.43. The molecule has 1 fully saturated rings. The smallest absolute Gasteiger partial charge is 0.314 e. The topological polar surface area (TPSA) is 44.4 Å². The monoisotopic (exact) mass is 307 g/mol. The summed E-state index contributed by atoms with van der Waals surface area (Å²) < 4.78 is 13.5. The van der Waals surface area contributed by atoms with Gasteiger partial charge in [-0.3, -0.25) is 4.90 Å². The molecule has 2 rings (SSSR count). The van der Waals surface area contributed by atoms with Gasteiger partial charge in [-0.25, -0.2) is 9.18 Å². The van der Waals surface area contributed by atoms with Gasteiger partial charge >= 0.3 is 6.03 Å². The summed E-state index contributed by atoms with van der Waals surface area (Å²) in [5.74, 6) is -0.217. The number of carbonyl (C=O) groups is 1. The maximum atomic E-state index is 13.5. The summed E-state index contributed by atoms with van der Waals surface area (Å²) in [7, 11) is 0. The van der Waals surface area contributed by atoms with E-state index in [-0.39, 0.29) is 11.8 Å². The molecule has 1 atom stereocenters. The Morgan fingerprint density at radius 3 is 2.91 bits per heavy atom. The normalized spacial score (nSPS) is 18.9. The van der Waals surface area contributed by atoms with Gasteiger partial charge < -0.3 is 10.6 Å². The van der Waals surface area contributed by atoms with Crippen LogP contribution in [0, 0.1) is 5.82 Å². The van der Waals surface area contributed by atoms with Crippen LogP contribution in [0.5, 0.6) is 0 Å². The predicted octanol–water partition coefficient (Wildman–Crippen LogP) is 2.54. The Bertz CT molecular complexity index is 481. The number of piperidine rings is 1. The molecular weight excluding hydrogens is 281 g/mol. The van der Waals surface area contributed by atoms with E-state index >= 15 is 0 Å². The van der Waals surface area contributed by atoms with Crippen molar-refractivity contribution < 1.29 is 9.18 Å². The number of halogens is 1. The highest BCUT2D eigenvalue weighted by Crippen LogP contribution is 2.15. The minimum atomic E-state index is -0.217. The Morgan fingerprint density at radius 2 is 2.14 bits per heavy atom. The zero-order chi connectivity index (χ0) is 15.8. The predicted molar refractivity (Wildman–Crippen MR) is 86.4 cm³/mol. The summed E-state index contributed by atoms with van der Waals surface area (Å²) in [5.41, 5.74) is 0.632. The fourth-order valence-electron chi connectivity index (χ4n) is 2.99. The molecule has 1 unspecified atom stereocenters. The van der Waals surface area contributed by atoms with Crippen LogP contribution in [-0.4, -0.2) is 43.2 Å². The highest BCUT2D eigenvalue weighted by atomic mass is 19.1. The number of carbonyl (C=O) groups excluding carboxylic acids is 1. The van der Waals surface area contributed by atoms with E-state index in [1.54, 1.807) is 18.2 Å². The van der Waals surface area contributed by atoms with E-state index in [1.165, 1.54) is 18.9 Å². The summed E-state index contributed by atoms with van der Waals surface area (Å²) in [5, 5.41) is 5.73. The van der Waals surface area contributed by atoms with Crippen molar-refractivity contribution in [3.05, 3.63) is 35.6 Å². The zero-order valence-corrected chi connectivity index (χ0v) is 13.3. The van der Waals surface area contributed by atoms with Gasteiger partial charge in [0.05, 0.1) is 0 Å². The van der Waals surface area contributed by atoms with Crippen LogP contribution in [0.4, 0.5) is 9.18 Å². The summed E-state index contributed by atoms with van der Waals surface area (Å²) in [6.07, 6.45) is 4.13. The SMILES string of the molecule is CCN1CCCCC1CNC(=O)NCCc1ccccc1F. The maximum absolute atomic E-state index is 13.5. The first-order chi connectivity index (χ1) is 10.7. The van der Waals surface area contributed by atoms with Crippen LogP contribution in [0.15, 0.2) is 24.3 Å². The third-order valence-electron chi connectivity index (χ3n) is 4.29. The second-order valence-corrected chi connectivity index (χ2v) is 5.76. The second kappa shape index (κ2) is 8.73. The molecule has 1 heterocycles. The van der Waals surface area contributed by atoms with Crippen molar-refractivity contribution in [1.29, 1.82) is 0 Å². The number of benzene rings is 1. The molecule has 0 aliphatic carbocycles. The summed E-state index contributed by atoms with van der Waals surface area (Å²) in [4.78, 5) is 14.2. The van der Waals surface area contributed by atoms with E-state index in [9.17, 15) is 9.18 Å². The first-order valence-electron chi connectivity index (χ1n) is 8.20. The van der Waals surface area contributed by atoms with Gasteiger partial charge in [0, 0.05) is 19.1 Å². The molecule has 1 aliphatic rings. The van der Waals surface area contributed by atoms with Gasteiger partial charge in [0.15, 0.2) is 0 Å². The largest absolute Gasteiger partial charge is 0.338 e. The van der Waals surface area contributed by atoms with E-state index in [4.69, 9.17) is 0 Å². The first-order valence-corrected chi connectivity index (χ1v) is 8.20. The highest BCUT2D eigenvalue weighted by molar-refractivity contribution is 5.73. The lowest BCUT2D eigenvalue weighted by Crippen LogP contribution is -2.48. The maximum Gasteiger partial charge on any atom is 0.314 e. The lowest BCUT2D eigenvalue weighted by Gasteiger charge is -2.34. The van der Waals surface area contributed by atoms with Crippen LogP contribution in [0.2, 0.25) is 0 Å². The second-order valence-electron chi connectivity index (χ2n) is 5.76. The van der Waals surface area contributed by atoms with Crippen molar-refractivity contribution in [3.63, 3.8) is 0 Å². The number of nitrogens with one attached hydrogen (secondary N) is 2. The third-order valence-corrected chi connectivity index (χ3v) is 4.29. The van der Waals surface area contributed by atoms with E-state index < -0.39 is 0 Å². The van der Waals surface area contributed by atoms with Crippen molar-refractivity contribution in [3.8, 4) is 0 Å². The fourth-order valence-corrected chi connectivity index (χ4v) is 2.99. The van der Waals surface area contributed by atoms with Crippen LogP contribution >= 0.6 is 0 Å². The number of urea groups is 1. The van der Waals surface area contributed by atoms with Crippen LogP contribution in [0.25, 0.3) is 0 Å². The number of likely N-dealkylation sites (tertiary alicyclic amines) is 1. The van der Waals surface area contributed by atoms with Crippen molar-refractivity contribution in [2.75, 3.05) is 26.2 Å². The van der Waals surface area contributed by atoms with Crippen molar-refractivity contribution in [2.45, 2.75) is 38.6 Å². The molecule has 0 saturated carbocycles. The van der Waals surface area contributed by atoms with Gasteiger partial charge in [-0.05, 0) is 44.0 Å². The van der Waals surface area contributed by atoms with Crippen LogP contribution in [0.1, 0.15) is 31.7 Å². The van der Waals surface area contributed by atoms with E-state index in [0.29, 0.717) is 31.1 Å². The number of hydrogen-bond acceptors (Lipinski definition) is 2. The molecule has 2 N–H and O–H groups in total. The number of likely N-dealkylation sites (N-methyl/N-ethyl adjacent to an activating group) is 1. The molecule has 0 spiro atoms. The Kier molecular flexibility index (Phi) is 6.65. The lowest BCUT2D eigenvalue weighted by molar-refractivity contribution is 0.153. The number of nitrogens with zero attached hydrogens (tertiary/aromatic N) is 1. The summed E-state index contributed by atoms with van der Waals surface area (Å²) >= 11 is 0. The van der Waals surface area contributed by atoms with Gasteiger partial charge in [0.25, 0.3) is 0 Å². The van der Waals surface area contributed by atoms with Gasteiger partial charge in [-0.15, -0.1) is 0 Å². The molecule has 0 bridgehead atoms. The summed E-state index contributed by atoms with van der Waals surface area (Å²) in [6, 6.07) is 6.94. The van der Waals surface area contributed by atoms with E-state index in [0.717, 1.165) is 19.5 Å². The highest BCUT2D eigenvalue weighted by Gasteiger charge is 2.21. The van der Waals surface area contributed by atoms with Crippen LogP contribution in [-0.2, 0) is 6.42 Å².